The molecule has 1 N–H and O–H groups in total. The van der Waals surface area contributed by atoms with E-state index in [1.54, 1.807) is 12.1 Å². The maximum Gasteiger partial charge on any atom is 0.291 e. The molecule has 0 saturated carbocycles. The molecule has 0 aliphatic heterocycles. The predicted molar refractivity (Wildman–Crippen MR) is 93.3 cm³/mol. The lowest BCUT2D eigenvalue weighted by molar-refractivity contribution is 0.0912. The summed E-state index contributed by atoms with van der Waals surface area (Å²) in [6.45, 7) is 0.295. The van der Waals surface area contributed by atoms with Crippen LogP contribution in [0.25, 0.3) is 0 Å². The van der Waals surface area contributed by atoms with Gasteiger partial charge in [-0.3, -0.25) is 9.59 Å². The highest BCUT2D eigenvalue weighted by atomic mass is 19.1. The van der Waals surface area contributed by atoms with Crippen molar-refractivity contribution < 1.29 is 18.3 Å². The van der Waals surface area contributed by atoms with E-state index in [0.717, 1.165) is 11.8 Å². The van der Waals surface area contributed by atoms with Gasteiger partial charge in [0.25, 0.3) is 5.91 Å². The summed E-state index contributed by atoms with van der Waals surface area (Å²) in [6, 6.07) is 16.2. The highest BCUT2D eigenvalue weighted by molar-refractivity contribution is 5.93. The topological polar surface area (TPSA) is 68.5 Å². The zero-order valence-electron chi connectivity index (χ0n) is 13.8. The third kappa shape index (κ3) is 4.36. The minimum atomic E-state index is -0.588. The minimum absolute atomic E-state index is 0.133. The number of amides is 1. The molecule has 1 heterocycles. The number of carbonyl (C=O) groups excluding carboxylic acids is 1. The van der Waals surface area contributed by atoms with Crippen LogP contribution in [0, 0.1) is 5.82 Å². The molecule has 3 rings (SSSR count). The van der Waals surface area contributed by atoms with Crippen molar-refractivity contribution in [1.29, 1.82) is 0 Å². The van der Waals surface area contributed by atoms with Gasteiger partial charge in [-0.05, 0) is 23.3 Å². The van der Waals surface area contributed by atoms with E-state index in [0.29, 0.717) is 5.56 Å². The average molecular weight is 353 g/mol. The van der Waals surface area contributed by atoms with Gasteiger partial charge in [0.05, 0.1) is 6.26 Å². The van der Waals surface area contributed by atoms with Crippen LogP contribution in [0.3, 0.4) is 0 Å². The van der Waals surface area contributed by atoms with Gasteiger partial charge < -0.3 is 14.5 Å². The van der Waals surface area contributed by atoms with Gasteiger partial charge in [0.2, 0.25) is 16.9 Å². The first kappa shape index (κ1) is 17.4. The molecule has 132 valence electrons. The van der Waals surface area contributed by atoms with Crippen molar-refractivity contribution in [1.82, 2.24) is 5.32 Å². The summed E-state index contributed by atoms with van der Waals surface area (Å²) in [6.07, 6.45) is 1.14. The lowest BCUT2D eigenvalue weighted by atomic mass is 10.2. The molecule has 0 unspecified atom stereocenters. The third-order valence-electron chi connectivity index (χ3n) is 3.63. The second kappa shape index (κ2) is 8.11. The van der Waals surface area contributed by atoms with Crippen molar-refractivity contribution in [2.75, 3.05) is 0 Å². The molecule has 3 aromatic rings. The molecule has 0 aliphatic rings. The van der Waals surface area contributed by atoms with E-state index in [9.17, 15) is 14.0 Å². The molecule has 1 amide bonds. The van der Waals surface area contributed by atoms with Gasteiger partial charge in [0.15, 0.2) is 0 Å². The van der Waals surface area contributed by atoms with Crippen molar-refractivity contribution >= 4 is 5.91 Å². The van der Waals surface area contributed by atoms with Crippen LogP contribution in [-0.4, -0.2) is 5.91 Å². The molecule has 0 aliphatic carbocycles. The Kier molecular flexibility index (Phi) is 5.43. The van der Waals surface area contributed by atoms with Gasteiger partial charge >= 0.3 is 0 Å². The molecule has 0 spiro atoms. The zero-order valence-corrected chi connectivity index (χ0v) is 13.8. The first-order chi connectivity index (χ1) is 12.6. The normalized spacial score (nSPS) is 10.3. The third-order valence-corrected chi connectivity index (χ3v) is 3.63. The second-order valence-corrected chi connectivity index (χ2v) is 5.53. The van der Waals surface area contributed by atoms with E-state index in [1.807, 2.05) is 30.3 Å². The number of ether oxygens (including phenoxy) is 1. The number of halogens is 1. The maximum atomic E-state index is 12.9. The standard InChI is InChI=1S/C20H16FNO4/c21-16-8-6-14(7-9-16)12-22-20(24)19-18(17(23)10-11-25-19)26-13-15-4-2-1-3-5-15/h1-11H,12-13H2,(H,22,24). The largest absolute Gasteiger partial charge is 0.481 e. The lowest BCUT2D eigenvalue weighted by Crippen LogP contribution is -2.25. The van der Waals surface area contributed by atoms with Gasteiger partial charge in [0, 0.05) is 12.6 Å². The Hall–Kier alpha value is -3.41. The summed E-state index contributed by atoms with van der Waals surface area (Å²) in [7, 11) is 0. The molecule has 5 nitrogen and oxygen atoms in total. The van der Waals surface area contributed by atoms with Crippen molar-refractivity contribution in [3.63, 3.8) is 0 Å². The van der Waals surface area contributed by atoms with Gasteiger partial charge in [-0.1, -0.05) is 42.5 Å². The zero-order chi connectivity index (χ0) is 18.4. The van der Waals surface area contributed by atoms with Crippen molar-refractivity contribution in [2.45, 2.75) is 13.2 Å². The van der Waals surface area contributed by atoms with E-state index < -0.39 is 11.3 Å². The maximum absolute atomic E-state index is 12.9. The predicted octanol–water partition coefficient (Wildman–Crippen LogP) is 3.29. The highest BCUT2D eigenvalue weighted by Gasteiger charge is 2.18. The van der Waals surface area contributed by atoms with E-state index >= 15 is 0 Å². The van der Waals surface area contributed by atoms with Crippen molar-refractivity contribution in [3.05, 3.63) is 99.9 Å². The number of carbonyl (C=O) groups is 1. The van der Waals surface area contributed by atoms with E-state index in [-0.39, 0.29) is 30.5 Å². The average Bonchev–Trinajstić information content (AvgIpc) is 2.67. The fourth-order valence-electron chi connectivity index (χ4n) is 2.29. The van der Waals surface area contributed by atoms with Crippen LogP contribution in [0.15, 0.2) is 76.1 Å². The number of nitrogens with one attached hydrogen (secondary N) is 1. The Morgan fingerprint density at radius 1 is 1.00 bits per heavy atom. The van der Waals surface area contributed by atoms with Crippen molar-refractivity contribution in [3.8, 4) is 5.75 Å². The molecule has 0 saturated heterocycles. The quantitative estimate of drug-likeness (QED) is 0.738. The Labute approximate surface area is 149 Å². The summed E-state index contributed by atoms with van der Waals surface area (Å²) in [5.74, 6) is -1.29. The summed E-state index contributed by atoms with van der Waals surface area (Å²) in [5, 5.41) is 2.63. The molecule has 0 atom stereocenters. The van der Waals surface area contributed by atoms with Gasteiger partial charge in [-0.2, -0.15) is 0 Å². The molecule has 2 aromatic carbocycles. The summed E-state index contributed by atoms with van der Waals surface area (Å²) < 4.78 is 23.6. The van der Waals surface area contributed by atoms with Crippen LogP contribution in [-0.2, 0) is 13.2 Å². The summed E-state index contributed by atoms with van der Waals surface area (Å²) in [4.78, 5) is 24.4. The molecule has 0 radical (unpaired) electrons. The fourth-order valence-corrected chi connectivity index (χ4v) is 2.29. The minimum Gasteiger partial charge on any atom is -0.481 e. The lowest BCUT2D eigenvalue weighted by Gasteiger charge is -2.10. The van der Waals surface area contributed by atoms with Gasteiger partial charge in [0.1, 0.15) is 12.4 Å². The molecule has 1 aromatic heterocycles. The van der Waals surface area contributed by atoms with Crippen LogP contribution in [0.5, 0.6) is 5.75 Å². The Bertz CT molecular complexity index is 936. The summed E-state index contributed by atoms with van der Waals surface area (Å²) in [5.41, 5.74) is 1.12. The molecule has 6 heteroatoms. The number of rotatable bonds is 6. The number of benzene rings is 2. The van der Waals surface area contributed by atoms with Crippen LogP contribution < -0.4 is 15.5 Å². The number of hydrogen-bond donors (Lipinski definition) is 1. The van der Waals surface area contributed by atoms with Gasteiger partial charge in [-0.15, -0.1) is 0 Å². The fraction of sp³-hybridized carbons (Fsp3) is 0.100. The van der Waals surface area contributed by atoms with Gasteiger partial charge in [-0.25, -0.2) is 4.39 Å². The highest BCUT2D eigenvalue weighted by Crippen LogP contribution is 2.15. The SMILES string of the molecule is O=C(NCc1ccc(F)cc1)c1occc(=O)c1OCc1ccccc1. The summed E-state index contributed by atoms with van der Waals surface area (Å²) >= 11 is 0. The van der Waals surface area contributed by atoms with Crippen molar-refractivity contribution in [2.24, 2.45) is 0 Å². The van der Waals surface area contributed by atoms with Crippen LogP contribution >= 0.6 is 0 Å². The monoisotopic (exact) mass is 353 g/mol. The Balaban J connectivity index is 1.72. The van der Waals surface area contributed by atoms with Crippen LogP contribution in [0.1, 0.15) is 21.7 Å². The number of hydrogen-bond acceptors (Lipinski definition) is 4. The molecular formula is C20H16FNO4. The molecule has 0 fully saturated rings. The van der Waals surface area contributed by atoms with E-state index in [4.69, 9.17) is 9.15 Å². The van der Waals surface area contributed by atoms with E-state index in [2.05, 4.69) is 5.32 Å². The Morgan fingerprint density at radius 2 is 1.73 bits per heavy atom. The smallest absolute Gasteiger partial charge is 0.291 e. The van der Waals surface area contributed by atoms with E-state index in [1.165, 1.54) is 18.2 Å². The molecule has 0 bridgehead atoms. The molecular weight excluding hydrogens is 337 g/mol. The first-order valence-corrected chi connectivity index (χ1v) is 7.94. The second-order valence-electron chi connectivity index (χ2n) is 5.53. The first-order valence-electron chi connectivity index (χ1n) is 7.94. The Morgan fingerprint density at radius 3 is 2.46 bits per heavy atom. The molecule has 26 heavy (non-hydrogen) atoms. The van der Waals surface area contributed by atoms with Crippen LogP contribution in [0.2, 0.25) is 0 Å². The van der Waals surface area contributed by atoms with Crippen LogP contribution in [0.4, 0.5) is 4.39 Å².